The summed E-state index contributed by atoms with van der Waals surface area (Å²) in [6.45, 7) is 8.23. The Morgan fingerprint density at radius 1 is 0.846 bits per heavy atom. The van der Waals surface area contributed by atoms with E-state index in [1.165, 1.54) is 16.7 Å². The Morgan fingerprint density at radius 2 is 1.23 bits per heavy atom. The largest absolute Gasteiger partial charge is 0.398 e. The van der Waals surface area contributed by atoms with Gasteiger partial charge in [-0.25, -0.2) is 0 Å². The van der Waals surface area contributed by atoms with Crippen LogP contribution < -0.4 is 11.5 Å². The van der Waals surface area contributed by atoms with Gasteiger partial charge >= 0.3 is 0 Å². The van der Waals surface area contributed by atoms with Crippen molar-refractivity contribution in [2.24, 2.45) is 0 Å². The predicted molar refractivity (Wildman–Crippen MR) is 58.9 cm³/mol. The smallest absolute Gasteiger partial charge is 0.0397 e. The maximum atomic E-state index is 5.95. The second kappa shape index (κ2) is 3.29. The first kappa shape index (κ1) is 9.90. The molecule has 0 aromatic heterocycles. The minimum atomic E-state index is 0.847. The van der Waals surface area contributed by atoms with E-state index in [-0.39, 0.29) is 0 Å². The number of rotatable bonds is 1. The molecule has 0 aliphatic rings. The van der Waals surface area contributed by atoms with E-state index in [9.17, 15) is 0 Å². The summed E-state index contributed by atoms with van der Waals surface area (Å²) >= 11 is 0. The van der Waals surface area contributed by atoms with Gasteiger partial charge in [-0.15, -0.1) is 0 Å². The molecule has 0 aliphatic carbocycles. The molecule has 0 fully saturated rings. The van der Waals surface area contributed by atoms with Crippen LogP contribution in [0.1, 0.15) is 29.2 Å². The van der Waals surface area contributed by atoms with Crippen LogP contribution in [0, 0.1) is 20.8 Å². The molecule has 1 aromatic rings. The highest BCUT2D eigenvalue weighted by Crippen LogP contribution is 2.30. The summed E-state index contributed by atoms with van der Waals surface area (Å²) in [5, 5.41) is 0. The zero-order chi connectivity index (χ0) is 10.2. The van der Waals surface area contributed by atoms with E-state index in [1.807, 2.05) is 6.92 Å². The van der Waals surface area contributed by atoms with Crippen molar-refractivity contribution in [2.75, 3.05) is 11.5 Å². The monoisotopic (exact) mass is 178 g/mol. The van der Waals surface area contributed by atoms with Crippen molar-refractivity contribution in [2.45, 2.75) is 34.1 Å². The van der Waals surface area contributed by atoms with E-state index >= 15 is 0 Å². The first-order valence-electron chi connectivity index (χ1n) is 4.64. The Morgan fingerprint density at radius 3 is 1.54 bits per heavy atom. The molecule has 72 valence electrons. The second-order valence-corrected chi connectivity index (χ2v) is 3.53. The normalized spacial score (nSPS) is 10.5. The van der Waals surface area contributed by atoms with Crippen LogP contribution in [0.4, 0.5) is 11.4 Å². The Kier molecular flexibility index (Phi) is 2.50. The number of anilines is 2. The summed E-state index contributed by atoms with van der Waals surface area (Å²) in [7, 11) is 0. The van der Waals surface area contributed by atoms with Gasteiger partial charge in [0.25, 0.3) is 0 Å². The Bertz CT molecular complexity index is 311. The predicted octanol–water partition coefficient (Wildman–Crippen LogP) is 2.34. The summed E-state index contributed by atoms with van der Waals surface area (Å²) < 4.78 is 0. The summed E-state index contributed by atoms with van der Waals surface area (Å²) in [5.74, 6) is 0. The summed E-state index contributed by atoms with van der Waals surface area (Å²) in [5.41, 5.74) is 18.3. The first-order valence-corrected chi connectivity index (χ1v) is 4.64. The summed E-state index contributed by atoms with van der Waals surface area (Å²) in [6, 6.07) is 0. The number of benzene rings is 1. The number of hydrogen-bond acceptors (Lipinski definition) is 2. The van der Waals surface area contributed by atoms with Crippen LogP contribution in [0.2, 0.25) is 0 Å². The van der Waals surface area contributed by atoms with Crippen LogP contribution in [0.15, 0.2) is 0 Å². The van der Waals surface area contributed by atoms with Crippen molar-refractivity contribution in [3.05, 3.63) is 22.3 Å². The van der Waals surface area contributed by atoms with E-state index in [2.05, 4.69) is 20.8 Å². The zero-order valence-electron chi connectivity index (χ0n) is 8.86. The van der Waals surface area contributed by atoms with Gasteiger partial charge in [0, 0.05) is 11.4 Å². The van der Waals surface area contributed by atoms with Gasteiger partial charge in [0.15, 0.2) is 0 Å². The van der Waals surface area contributed by atoms with Gasteiger partial charge in [-0.2, -0.15) is 0 Å². The lowest BCUT2D eigenvalue weighted by molar-refractivity contribution is 1.08. The van der Waals surface area contributed by atoms with Gasteiger partial charge < -0.3 is 11.5 Å². The van der Waals surface area contributed by atoms with E-state index in [0.29, 0.717) is 0 Å². The number of nitrogen functional groups attached to an aromatic ring is 2. The first-order chi connectivity index (χ1) is 6.00. The number of hydrogen-bond donors (Lipinski definition) is 2. The minimum Gasteiger partial charge on any atom is -0.398 e. The van der Waals surface area contributed by atoms with Crippen LogP contribution in [0.25, 0.3) is 0 Å². The van der Waals surface area contributed by atoms with Crippen molar-refractivity contribution in [1.29, 1.82) is 0 Å². The molecule has 1 aromatic carbocycles. The average Bonchev–Trinajstić information content (AvgIpc) is 2.13. The third-order valence-corrected chi connectivity index (χ3v) is 2.87. The highest BCUT2D eigenvalue weighted by Gasteiger charge is 2.11. The van der Waals surface area contributed by atoms with Crippen LogP contribution in [-0.2, 0) is 6.42 Å². The molecule has 0 atom stereocenters. The molecule has 2 nitrogen and oxygen atoms in total. The van der Waals surface area contributed by atoms with Crippen LogP contribution in [0.5, 0.6) is 0 Å². The minimum absolute atomic E-state index is 0.847. The van der Waals surface area contributed by atoms with Crippen molar-refractivity contribution in [1.82, 2.24) is 0 Å². The lowest BCUT2D eigenvalue weighted by atomic mass is 9.94. The molecule has 0 unspecified atom stereocenters. The molecule has 0 heterocycles. The molecule has 0 radical (unpaired) electrons. The quantitative estimate of drug-likeness (QED) is 0.648. The Balaban J connectivity index is 3.56. The standard InChI is InChI=1S/C11H18N2/c1-5-9-6(2)10(12)8(4)11(13)7(9)3/h5,12-13H2,1-4H3. The molecule has 13 heavy (non-hydrogen) atoms. The molecule has 0 spiro atoms. The maximum absolute atomic E-state index is 5.95. The third-order valence-electron chi connectivity index (χ3n) is 2.87. The molecule has 0 aliphatic heterocycles. The molecule has 0 saturated carbocycles. The van der Waals surface area contributed by atoms with Gasteiger partial charge in [0.05, 0.1) is 0 Å². The van der Waals surface area contributed by atoms with Gasteiger partial charge in [0.1, 0.15) is 0 Å². The second-order valence-electron chi connectivity index (χ2n) is 3.53. The van der Waals surface area contributed by atoms with Crippen LogP contribution in [0.3, 0.4) is 0 Å². The summed E-state index contributed by atoms with van der Waals surface area (Å²) in [4.78, 5) is 0. The average molecular weight is 178 g/mol. The lowest BCUT2D eigenvalue weighted by Gasteiger charge is -2.16. The van der Waals surface area contributed by atoms with Crippen LogP contribution in [-0.4, -0.2) is 0 Å². The summed E-state index contributed by atoms with van der Waals surface area (Å²) in [6.07, 6.45) is 0.992. The Labute approximate surface area is 79.9 Å². The molecule has 0 bridgehead atoms. The van der Waals surface area contributed by atoms with Crippen molar-refractivity contribution in [3.63, 3.8) is 0 Å². The fourth-order valence-electron chi connectivity index (χ4n) is 1.84. The maximum Gasteiger partial charge on any atom is 0.0397 e. The molecule has 2 heteroatoms. The molecule has 1 rings (SSSR count). The fourth-order valence-corrected chi connectivity index (χ4v) is 1.84. The molecular formula is C11H18N2. The highest BCUT2D eigenvalue weighted by molar-refractivity contribution is 5.71. The molecular weight excluding hydrogens is 160 g/mol. The van der Waals surface area contributed by atoms with Gasteiger partial charge in [-0.05, 0) is 49.4 Å². The third kappa shape index (κ3) is 1.37. The van der Waals surface area contributed by atoms with Crippen molar-refractivity contribution in [3.8, 4) is 0 Å². The molecule has 0 amide bonds. The van der Waals surface area contributed by atoms with Gasteiger partial charge in [-0.1, -0.05) is 6.92 Å². The number of nitrogens with two attached hydrogens (primary N) is 2. The topological polar surface area (TPSA) is 52.0 Å². The molecule has 0 saturated heterocycles. The SMILES string of the molecule is CCc1c(C)c(N)c(C)c(N)c1C. The lowest BCUT2D eigenvalue weighted by Crippen LogP contribution is -2.05. The van der Waals surface area contributed by atoms with Crippen molar-refractivity contribution < 1.29 is 0 Å². The molecule has 4 N–H and O–H groups in total. The van der Waals surface area contributed by atoms with Gasteiger partial charge in [-0.3, -0.25) is 0 Å². The van der Waals surface area contributed by atoms with Crippen molar-refractivity contribution >= 4 is 11.4 Å². The fraction of sp³-hybridized carbons (Fsp3) is 0.455. The Hall–Kier alpha value is -1.18. The van der Waals surface area contributed by atoms with E-state index in [0.717, 1.165) is 23.4 Å². The zero-order valence-corrected chi connectivity index (χ0v) is 8.86. The van der Waals surface area contributed by atoms with Gasteiger partial charge in [0.2, 0.25) is 0 Å². The van der Waals surface area contributed by atoms with E-state index in [4.69, 9.17) is 11.5 Å². The van der Waals surface area contributed by atoms with Crippen LogP contribution >= 0.6 is 0 Å². The van der Waals surface area contributed by atoms with E-state index in [1.54, 1.807) is 0 Å². The van der Waals surface area contributed by atoms with E-state index < -0.39 is 0 Å². The highest BCUT2D eigenvalue weighted by atomic mass is 14.6.